The number of azo groups is 1. The van der Waals surface area contributed by atoms with Crippen molar-refractivity contribution in [2.45, 2.75) is 6.54 Å². The monoisotopic (exact) mass is 274 g/mol. The number of fused-ring (bicyclic) bond motifs is 1. The molecule has 0 N–H and O–H groups in total. The lowest BCUT2D eigenvalue weighted by Crippen LogP contribution is -2.30. The summed E-state index contributed by atoms with van der Waals surface area (Å²) >= 11 is 0. The Morgan fingerprint density at radius 3 is 2.76 bits per heavy atom. The van der Waals surface area contributed by atoms with Crippen molar-refractivity contribution in [1.82, 2.24) is 0 Å². The Bertz CT molecular complexity index is 762. The van der Waals surface area contributed by atoms with Crippen LogP contribution in [0.1, 0.15) is 0 Å². The molecule has 0 bridgehead atoms. The van der Waals surface area contributed by atoms with Crippen molar-refractivity contribution in [3.8, 4) is 11.1 Å². The second-order valence-electron chi connectivity index (χ2n) is 4.75. The minimum Gasteiger partial charge on any atom is -0.199 e. The molecule has 1 heterocycles. The fourth-order valence-electron chi connectivity index (χ4n) is 2.23. The second kappa shape index (κ2) is 6.09. The average molecular weight is 274 g/mol. The van der Waals surface area contributed by atoms with E-state index in [4.69, 9.17) is 0 Å². The van der Waals surface area contributed by atoms with Crippen LogP contribution < -0.4 is 4.57 Å². The lowest BCUT2D eigenvalue weighted by atomic mass is 10.2. The number of rotatable bonds is 4. The zero-order valence-electron chi connectivity index (χ0n) is 11.7. The van der Waals surface area contributed by atoms with Gasteiger partial charge in [-0.3, -0.25) is 0 Å². The molecule has 0 unspecified atom stereocenters. The summed E-state index contributed by atoms with van der Waals surface area (Å²) in [5, 5.41) is 8.71. The normalized spacial score (nSPS) is 11.0. The highest BCUT2D eigenvalue weighted by atomic mass is 15.1. The van der Waals surface area contributed by atoms with Gasteiger partial charge in [-0.25, -0.2) is 0 Å². The predicted octanol–water partition coefficient (Wildman–Crippen LogP) is 4.68. The van der Waals surface area contributed by atoms with Crippen LogP contribution >= 0.6 is 0 Å². The molecule has 0 saturated heterocycles. The molecule has 0 amide bonds. The first-order valence-corrected chi connectivity index (χ1v) is 6.86. The van der Waals surface area contributed by atoms with Gasteiger partial charge >= 0.3 is 0 Å². The van der Waals surface area contributed by atoms with Crippen molar-refractivity contribution < 1.29 is 4.57 Å². The molecule has 3 nitrogen and oxygen atoms in total. The zero-order valence-corrected chi connectivity index (χ0v) is 11.7. The van der Waals surface area contributed by atoms with Gasteiger partial charge in [0.25, 0.3) is 0 Å². The number of aromatic nitrogens is 1. The molecule has 1 aromatic rings. The minimum absolute atomic E-state index is 0.762. The van der Waals surface area contributed by atoms with Crippen LogP contribution in [-0.2, 0) is 6.54 Å². The molecule has 3 heteroatoms. The lowest BCUT2D eigenvalue weighted by molar-refractivity contribution is -0.686. The fraction of sp³-hybridized carbons (Fsp3) is 0.0556. The van der Waals surface area contributed by atoms with E-state index < -0.39 is 0 Å². The Balaban J connectivity index is 1.89. The molecular weight excluding hydrogens is 258 g/mol. The molecular formula is C18H16N3+. The molecule has 1 aromatic heterocycles. The zero-order chi connectivity index (χ0) is 14.5. The predicted molar refractivity (Wildman–Crippen MR) is 84.1 cm³/mol. The van der Waals surface area contributed by atoms with E-state index in [1.165, 1.54) is 5.56 Å². The SMILES string of the molecule is C=CC[n+]1cccc(N=Nc2ccc3cccccc2-3)c1. The maximum atomic E-state index is 4.38. The maximum absolute atomic E-state index is 4.38. The van der Waals surface area contributed by atoms with E-state index in [-0.39, 0.29) is 0 Å². The molecule has 102 valence electrons. The van der Waals surface area contributed by atoms with Crippen molar-refractivity contribution in [1.29, 1.82) is 0 Å². The topological polar surface area (TPSA) is 28.6 Å². The number of allylic oxidation sites excluding steroid dienone is 1. The third kappa shape index (κ3) is 3.03. The summed E-state index contributed by atoms with van der Waals surface area (Å²) in [6.45, 7) is 4.50. The fourth-order valence-corrected chi connectivity index (χ4v) is 2.23. The first-order chi connectivity index (χ1) is 10.4. The van der Waals surface area contributed by atoms with E-state index in [0.29, 0.717) is 0 Å². The van der Waals surface area contributed by atoms with E-state index in [2.05, 4.69) is 35.0 Å². The smallest absolute Gasteiger partial charge is 0.196 e. The van der Waals surface area contributed by atoms with E-state index in [1.807, 2.05) is 59.4 Å². The van der Waals surface area contributed by atoms with Crippen LogP contribution in [0.5, 0.6) is 0 Å². The van der Waals surface area contributed by atoms with Crippen molar-refractivity contribution in [3.05, 3.63) is 79.6 Å². The molecule has 0 fully saturated rings. The largest absolute Gasteiger partial charge is 0.199 e. The molecule has 2 aliphatic rings. The van der Waals surface area contributed by atoms with Gasteiger partial charge < -0.3 is 0 Å². The van der Waals surface area contributed by atoms with Crippen LogP contribution in [0.4, 0.5) is 11.4 Å². The molecule has 0 spiro atoms. The highest BCUT2D eigenvalue weighted by Crippen LogP contribution is 2.34. The maximum Gasteiger partial charge on any atom is 0.196 e. The van der Waals surface area contributed by atoms with Crippen LogP contribution in [0.2, 0.25) is 0 Å². The third-order valence-corrected chi connectivity index (χ3v) is 3.22. The Morgan fingerprint density at radius 2 is 1.86 bits per heavy atom. The highest BCUT2D eigenvalue weighted by Gasteiger charge is 2.07. The number of nitrogens with zero attached hydrogens (tertiary/aromatic N) is 3. The van der Waals surface area contributed by atoms with Gasteiger partial charge in [0.1, 0.15) is 5.69 Å². The van der Waals surface area contributed by atoms with E-state index in [1.54, 1.807) is 0 Å². The van der Waals surface area contributed by atoms with E-state index in [9.17, 15) is 0 Å². The molecule has 3 rings (SSSR count). The van der Waals surface area contributed by atoms with Crippen LogP contribution in [0.25, 0.3) is 11.1 Å². The number of hydrogen-bond donors (Lipinski definition) is 0. The van der Waals surface area contributed by atoms with Gasteiger partial charge in [-0.2, -0.15) is 4.57 Å². The van der Waals surface area contributed by atoms with Crippen molar-refractivity contribution in [2.75, 3.05) is 0 Å². The summed E-state index contributed by atoms with van der Waals surface area (Å²) in [7, 11) is 0. The molecule has 0 saturated carbocycles. The number of pyridine rings is 1. The van der Waals surface area contributed by atoms with Crippen LogP contribution in [0, 0.1) is 0 Å². The molecule has 0 aliphatic heterocycles. The highest BCUT2D eigenvalue weighted by molar-refractivity contribution is 5.79. The molecule has 21 heavy (non-hydrogen) atoms. The molecule has 0 atom stereocenters. The lowest BCUT2D eigenvalue weighted by Gasteiger charge is -1.95. The van der Waals surface area contributed by atoms with Gasteiger partial charge in [-0.1, -0.05) is 43.0 Å². The third-order valence-electron chi connectivity index (χ3n) is 3.22. The quantitative estimate of drug-likeness (QED) is 0.375. The summed E-state index contributed by atoms with van der Waals surface area (Å²) in [6, 6.07) is 18.1. The van der Waals surface area contributed by atoms with Gasteiger partial charge in [0, 0.05) is 11.6 Å². The van der Waals surface area contributed by atoms with Crippen molar-refractivity contribution >= 4 is 11.4 Å². The van der Waals surface area contributed by atoms with Crippen LogP contribution in [0.15, 0.2) is 89.9 Å². The Morgan fingerprint density at radius 1 is 0.952 bits per heavy atom. The van der Waals surface area contributed by atoms with E-state index >= 15 is 0 Å². The summed E-state index contributed by atoms with van der Waals surface area (Å²) < 4.78 is 2.02. The summed E-state index contributed by atoms with van der Waals surface area (Å²) in [5.74, 6) is 0. The number of hydrogen-bond acceptors (Lipinski definition) is 2. The summed E-state index contributed by atoms with van der Waals surface area (Å²) in [5.41, 5.74) is 4.00. The van der Waals surface area contributed by atoms with Gasteiger partial charge in [-0.15, -0.1) is 10.2 Å². The first kappa shape index (κ1) is 13.2. The minimum atomic E-state index is 0.762. The van der Waals surface area contributed by atoms with Crippen molar-refractivity contribution in [2.24, 2.45) is 10.2 Å². The summed E-state index contributed by atoms with van der Waals surface area (Å²) in [4.78, 5) is 0. The molecule has 2 aliphatic carbocycles. The molecule has 0 aromatic carbocycles. The Kier molecular flexibility index (Phi) is 3.83. The Labute approximate surface area is 124 Å². The van der Waals surface area contributed by atoms with Gasteiger partial charge in [-0.05, 0) is 23.8 Å². The van der Waals surface area contributed by atoms with Crippen LogP contribution in [-0.4, -0.2) is 0 Å². The van der Waals surface area contributed by atoms with Crippen LogP contribution in [0.3, 0.4) is 0 Å². The average Bonchev–Trinajstić information content (AvgIpc) is 2.73. The van der Waals surface area contributed by atoms with Crippen molar-refractivity contribution in [3.63, 3.8) is 0 Å². The Hall–Kier alpha value is -2.81. The molecule has 0 radical (unpaired) electrons. The van der Waals surface area contributed by atoms with Gasteiger partial charge in [0.05, 0.1) is 5.69 Å². The second-order valence-corrected chi connectivity index (χ2v) is 4.75. The van der Waals surface area contributed by atoms with E-state index in [0.717, 1.165) is 23.5 Å². The summed E-state index contributed by atoms with van der Waals surface area (Å²) in [6.07, 6.45) is 5.79. The standard InChI is InChI=1S/C18H16N3/c1-2-12-21-13-6-8-16(14-21)19-20-18-11-10-15-7-4-3-5-9-17(15)18/h2-11,13-14H,1,12H2/q+1. The van der Waals surface area contributed by atoms with Gasteiger partial charge in [0.2, 0.25) is 0 Å². The first-order valence-electron chi connectivity index (χ1n) is 6.86. The van der Waals surface area contributed by atoms with Gasteiger partial charge in [0.15, 0.2) is 18.9 Å².